The molecule has 0 spiro atoms. The number of amides is 1. The van der Waals surface area contributed by atoms with Gasteiger partial charge in [-0.25, -0.2) is 0 Å². The number of unbranched alkanes of at least 4 members (excludes halogenated alkanes) is 27. The third kappa shape index (κ3) is 26.4. The maximum Gasteiger partial charge on any atom is 0.220 e. The van der Waals surface area contributed by atoms with Crippen LogP contribution in [-0.2, 0) is 14.3 Å². The van der Waals surface area contributed by atoms with Gasteiger partial charge in [0.2, 0.25) is 5.91 Å². The summed E-state index contributed by atoms with van der Waals surface area (Å²) >= 11 is 0. The lowest BCUT2D eigenvalue weighted by atomic mass is 9.99. The molecule has 1 heterocycles. The Morgan fingerprint density at radius 2 is 1.04 bits per heavy atom. The van der Waals surface area contributed by atoms with Gasteiger partial charge in [0.25, 0.3) is 0 Å². The van der Waals surface area contributed by atoms with E-state index in [2.05, 4.69) is 19.2 Å². The van der Waals surface area contributed by atoms with E-state index in [0.717, 1.165) is 38.5 Å². The maximum atomic E-state index is 12.9. The van der Waals surface area contributed by atoms with Gasteiger partial charge in [-0.05, 0) is 19.3 Å². The summed E-state index contributed by atoms with van der Waals surface area (Å²) in [5, 5.41) is 54.1. The lowest BCUT2D eigenvalue weighted by Gasteiger charge is -2.40. The van der Waals surface area contributed by atoms with E-state index in [1.54, 1.807) is 6.08 Å². The van der Waals surface area contributed by atoms with Crippen LogP contribution in [0.5, 0.6) is 0 Å². The maximum absolute atomic E-state index is 12.9. The first kappa shape index (κ1) is 49.9. The van der Waals surface area contributed by atoms with Crippen LogP contribution in [0.25, 0.3) is 0 Å². The number of rotatable bonds is 37. The molecule has 1 aliphatic heterocycles. The molecule has 0 aliphatic carbocycles. The van der Waals surface area contributed by atoms with Crippen LogP contribution in [0.2, 0.25) is 0 Å². The van der Waals surface area contributed by atoms with E-state index in [4.69, 9.17) is 9.47 Å². The topological polar surface area (TPSA) is 149 Å². The molecule has 1 rings (SSSR count). The van der Waals surface area contributed by atoms with Crippen molar-refractivity contribution in [2.75, 3.05) is 13.2 Å². The van der Waals surface area contributed by atoms with Crippen molar-refractivity contribution in [3.63, 3.8) is 0 Å². The minimum Gasteiger partial charge on any atom is -0.394 e. The Balaban J connectivity index is 2.37. The number of allylic oxidation sites excluding steroid dienone is 1. The minimum atomic E-state index is -1.56. The van der Waals surface area contributed by atoms with E-state index in [1.807, 2.05) is 6.08 Å². The van der Waals surface area contributed by atoms with E-state index < -0.39 is 49.5 Å². The highest BCUT2D eigenvalue weighted by Gasteiger charge is 2.44. The van der Waals surface area contributed by atoms with Gasteiger partial charge in [-0.2, -0.15) is 0 Å². The fourth-order valence-electron chi connectivity index (χ4n) is 7.21. The van der Waals surface area contributed by atoms with Gasteiger partial charge in [-0.1, -0.05) is 193 Å². The molecule has 0 saturated carbocycles. The number of nitrogens with one attached hydrogen (secondary N) is 1. The van der Waals surface area contributed by atoms with Crippen molar-refractivity contribution in [1.82, 2.24) is 5.32 Å². The summed E-state index contributed by atoms with van der Waals surface area (Å²) in [5.74, 6) is -0.175. The van der Waals surface area contributed by atoms with Crippen molar-refractivity contribution in [2.24, 2.45) is 0 Å². The summed E-state index contributed by atoms with van der Waals surface area (Å²) in [4.78, 5) is 12.9. The molecule has 1 fully saturated rings. The summed E-state index contributed by atoms with van der Waals surface area (Å²) in [6.45, 7) is 3.78. The predicted molar refractivity (Wildman–Crippen MR) is 217 cm³/mol. The molecule has 7 unspecified atom stereocenters. The Hall–Kier alpha value is -1.07. The van der Waals surface area contributed by atoms with Gasteiger partial charge >= 0.3 is 0 Å². The van der Waals surface area contributed by atoms with E-state index >= 15 is 0 Å². The fraction of sp³-hybridized carbons (Fsp3) is 0.932. The van der Waals surface area contributed by atoms with Gasteiger partial charge in [0.05, 0.1) is 25.4 Å². The highest BCUT2D eigenvalue weighted by Crippen LogP contribution is 2.23. The van der Waals surface area contributed by atoms with Crippen molar-refractivity contribution >= 4 is 5.91 Å². The predicted octanol–water partition coefficient (Wildman–Crippen LogP) is 8.95. The molecule has 9 nitrogen and oxygen atoms in total. The molecule has 314 valence electrons. The first-order valence-corrected chi connectivity index (χ1v) is 22.4. The molecule has 1 amide bonds. The summed E-state index contributed by atoms with van der Waals surface area (Å²) in [5.41, 5.74) is 0. The molecule has 9 heteroatoms. The number of aliphatic hydroxyl groups is 5. The largest absolute Gasteiger partial charge is 0.394 e. The van der Waals surface area contributed by atoms with Gasteiger partial charge in [0, 0.05) is 6.42 Å². The van der Waals surface area contributed by atoms with E-state index in [1.165, 1.54) is 148 Å². The summed E-state index contributed by atoms with van der Waals surface area (Å²) in [7, 11) is 0. The van der Waals surface area contributed by atoms with Gasteiger partial charge < -0.3 is 40.3 Å². The second-order valence-corrected chi connectivity index (χ2v) is 15.9. The number of hydrogen-bond acceptors (Lipinski definition) is 8. The van der Waals surface area contributed by atoms with Crippen LogP contribution in [-0.4, -0.2) is 87.5 Å². The molecule has 0 aromatic carbocycles. The van der Waals surface area contributed by atoms with Crippen LogP contribution >= 0.6 is 0 Å². The third-order valence-electron chi connectivity index (χ3n) is 10.9. The standard InChI is InChI=1S/C44H85NO8/c1-3-5-7-9-11-13-15-17-19-21-23-25-27-29-31-33-38(47)37(36-52-44-43(51)42(50)41(49)39(35-46)53-44)45-40(48)34-32-30-28-26-24-22-20-18-16-14-12-10-8-6-4-2/h31,33,37-39,41-44,46-47,49-51H,3-30,32,34-36H2,1-2H3,(H,45,48)/b33-31+. The van der Waals surface area contributed by atoms with Crippen molar-refractivity contribution < 1.29 is 39.8 Å². The molecular formula is C44H85NO8. The zero-order chi connectivity index (χ0) is 38.8. The smallest absolute Gasteiger partial charge is 0.220 e. The van der Waals surface area contributed by atoms with Crippen molar-refractivity contribution in [3.05, 3.63) is 12.2 Å². The zero-order valence-electron chi connectivity index (χ0n) is 34.3. The van der Waals surface area contributed by atoms with Gasteiger partial charge in [-0.15, -0.1) is 0 Å². The zero-order valence-corrected chi connectivity index (χ0v) is 34.3. The molecule has 6 N–H and O–H groups in total. The number of aliphatic hydroxyl groups excluding tert-OH is 5. The number of hydrogen-bond donors (Lipinski definition) is 6. The van der Waals surface area contributed by atoms with Crippen LogP contribution in [0.1, 0.15) is 206 Å². The van der Waals surface area contributed by atoms with Crippen LogP contribution in [0.15, 0.2) is 12.2 Å². The number of carbonyl (C=O) groups is 1. The van der Waals surface area contributed by atoms with E-state index in [9.17, 15) is 30.3 Å². The minimum absolute atomic E-state index is 0.175. The van der Waals surface area contributed by atoms with Crippen LogP contribution in [0.4, 0.5) is 0 Å². The highest BCUT2D eigenvalue weighted by molar-refractivity contribution is 5.76. The molecule has 53 heavy (non-hydrogen) atoms. The molecule has 0 bridgehead atoms. The van der Waals surface area contributed by atoms with Crippen molar-refractivity contribution in [1.29, 1.82) is 0 Å². The van der Waals surface area contributed by atoms with Crippen LogP contribution in [0, 0.1) is 0 Å². The normalized spacial score (nSPS) is 21.7. The Morgan fingerprint density at radius 3 is 1.47 bits per heavy atom. The molecule has 1 saturated heterocycles. The Kier molecular flexibility index (Phi) is 33.3. The Labute approximate surface area is 325 Å². The van der Waals surface area contributed by atoms with Gasteiger partial charge in [0.1, 0.15) is 24.4 Å². The Morgan fingerprint density at radius 1 is 0.623 bits per heavy atom. The monoisotopic (exact) mass is 756 g/mol. The first-order valence-electron chi connectivity index (χ1n) is 22.4. The number of carbonyl (C=O) groups excluding carboxylic acids is 1. The third-order valence-corrected chi connectivity index (χ3v) is 10.9. The molecular weight excluding hydrogens is 670 g/mol. The SMILES string of the molecule is CCCCCCCCCCCCCCC/C=C/C(O)C(COC1OC(CO)C(O)C(O)C1O)NC(=O)CCCCCCCCCCCCCCCCC. The van der Waals surface area contributed by atoms with Crippen molar-refractivity contribution in [3.8, 4) is 0 Å². The van der Waals surface area contributed by atoms with Crippen molar-refractivity contribution in [2.45, 2.75) is 249 Å². The second kappa shape index (κ2) is 35.4. The molecule has 0 aromatic rings. The second-order valence-electron chi connectivity index (χ2n) is 15.9. The average molecular weight is 756 g/mol. The molecule has 7 atom stereocenters. The van der Waals surface area contributed by atoms with Crippen LogP contribution < -0.4 is 5.32 Å². The van der Waals surface area contributed by atoms with Crippen LogP contribution in [0.3, 0.4) is 0 Å². The lowest BCUT2D eigenvalue weighted by Crippen LogP contribution is -2.60. The first-order chi connectivity index (χ1) is 25.8. The summed E-state index contributed by atoms with van der Waals surface area (Å²) in [6, 6.07) is -0.797. The average Bonchev–Trinajstić information content (AvgIpc) is 3.16. The quantitative estimate of drug-likeness (QED) is 0.0272. The van der Waals surface area contributed by atoms with Gasteiger partial charge in [-0.3, -0.25) is 4.79 Å². The lowest BCUT2D eigenvalue weighted by molar-refractivity contribution is -0.302. The molecule has 1 aliphatic rings. The summed E-state index contributed by atoms with van der Waals surface area (Å²) in [6.07, 6.45) is 32.5. The molecule has 0 aromatic heterocycles. The van der Waals surface area contributed by atoms with E-state index in [0.29, 0.717) is 6.42 Å². The van der Waals surface area contributed by atoms with E-state index in [-0.39, 0.29) is 12.5 Å². The molecule has 0 radical (unpaired) electrons. The Bertz CT molecular complexity index is 842. The van der Waals surface area contributed by atoms with Gasteiger partial charge in [0.15, 0.2) is 6.29 Å². The number of ether oxygens (including phenoxy) is 2. The fourth-order valence-corrected chi connectivity index (χ4v) is 7.21. The highest BCUT2D eigenvalue weighted by atomic mass is 16.7. The summed E-state index contributed by atoms with van der Waals surface area (Å²) < 4.78 is 11.2.